The predicted molar refractivity (Wildman–Crippen MR) is 95.4 cm³/mol. The fourth-order valence-electron chi connectivity index (χ4n) is 3.85. The Bertz CT molecular complexity index is 332. The highest BCUT2D eigenvalue weighted by molar-refractivity contribution is 14.1. The Balaban J connectivity index is 1.82. The zero-order valence-electron chi connectivity index (χ0n) is 13.8. The molecule has 2 rings (SSSR count). The number of nitrogens with one attached hydrogen (secondary N) is 1. The number of quaternary nitrogens is 1. The van der Waals surface area contributed by atoms with Crippen molar-refractivity contribution in [2.75, 3.05) is 18.2 Å². The molecule has 0 amide bonds. The van der Waals surface area contributed by atoms with Gasteiger partial charge in [-0.05, 0) is 67.5 Å². The van der Waals surface area contributed by atoms with Crippen molar-refractivity contribution in [3.8, 4) is 0 Å². The third-order valence-corrected chi connectivity index (χ3v) is 6.18. The van der Waals surface area contributed by atoms with Crippen LogP contribution in [-0.4, -0.2) is 42.4 Å². The van der Waals surface area contributed by atoms with Crippen LogP contribution < -0.4 is 4.90 Å². The monoisotopic (exact) mass is 424 g/mol. The van der Waals surface area contributed by atoms with E-state index in [4.69, 9.17) is 9.47 Å². The van der Waals surface area contributed by atoms with E-state index in [-0.39, 0.29) is 18.2 Å². The second-order valence-corrected chi connectivity index (χ2v) is 7.51. The average Bonchev–Trinajstić information content (AvgIpc) is 2.82. The molecule has 3 atom stereocenters. The summed E-state index contributed by atoms with van der Waals surface area (Å²) in [4.78, 5) is 13.8. The van der Waals surface area contributed by atoms with Crippen LogP contribution >= 0.6 is 22.6 Å². The van der Waals surface area contributed by atoms with Gasteiger partial charge in [-0.15, -0.1) is 0 Å². The van der Waals surface area contributed by atoms with Crippen molar-refractivity contribution < 1.29 is 19.2 Å². The Morgan fingerprint density at radius 2 is 1.59 bits per heavy atom. The van der Waals surface area contributed by atoms with Crippen LogP contribution in [0.2, 0.25) is 0 Å². The van der Waals surface area contributed by atoms with Crippen LogP contribution in [0.4, 0.5) is 0 Å². The van der Waals surface area contributed by atoms with Gasteiger partial charge in [0.25, 0.3) is 0 Å². The summed E-state index contributed by atoms with van der Waals surface area (Å²) in [5, 5.41) is 0. The van der Waals surface area contributed by atoms with E-state index in [1.165, 1.54) is 49.8 Å². The fraction of sp³-hybridized carbons (Fsp3) is 0.941. The quantitative estimate of drug-likeness (QED) is 0.234. The minimum atomic E-state index is -0.0372. The van der Waals surface area contributed by atoms with Crippen LogP contribution in [0.5, 0.6) is 0 Å². The summed E-state index contributed by atoms with van der Waals surface area (Å²) in [6.07, 6.45) is 12.2. The molecule has 5 heteroatoms. The smallest absolute Gasteiger partial charge is 0.362 e. The molecule has 2 aliphatic carbocycles. The van der Waals surface area contributed by atoms with Crippen molar-refractivity contribution in [2.45, 2.75) is 82.5 Å². The van der Waals surface area contributed by atoms with Crippen LogP contribution in [0.1, 0.15) is 64.2 Å². The van der Waals surface area contributed by atoms with Gasteiger partial charge < -0.3 is 14.4 Å². The number of methoxy groups -OCH3 is 1. The number of carbonyl (C=O) groups is 1. The van der Waals surface area contributed by atoms with Gasteiger partial charge in [-0.2, -0.15) is 0 Å². The molecule has 0 aromatic rings. The molecule has 128 valence electrons. The van der Waals surface area contributed by atoms with E-state index in [0.717, 1.165) is 23.8 Å². The van der Waals surface area contributed by atoms with Gasteiger partial charge in [0.05, 0.1) is 12.1 Å². The van der Waals surface area contributed by atoms with Gasteiger partial charge >= 0.3 is 5.97 Å². The van der Waals surface area contributed by atoms with Gasteiger partial charge in [0.1, 0.15) is 10.7 Å². The highest BCUT2D eigenvalue weighted by Crippen LogP contribution is 2.23. The molecule has 1 unspecified atom stereocenters. The van der Waals surface area contributed by atoms with Crippen LogP contribution in [0.15, 0.2) is 0 Å². The van der Waals surface area contributed by atoms with E-state index in [2.05, 4.69) is 22.6 Å². The van der Waals surface area contributed by atoms with Gasteiger partial charge in [0.2, 0.25) is 0 Å². The average molecular weight is 424 g/mol. The van der Waals surface area contributed by atoms with Crippen molar-refractivity contribution in [3.05, 3.63) is 0 Å². The Hall–Kier alpha value is 0.120. The van der Waals surface area contributed by atoms with Gasteiger partial charge in [-0.25, -0.2) is 4.79 Å². The van der Waals surface area contributed by atoms with Crippen LogP contribution in [0.25, 0.3) is 0 Å². The highest BCUT2D eigenvalue weighted by atomic mass is 127. The maximum absolute atomic E-state index is 12.4. The van der Waals surface area contributed by atoms with Crippen molar-refractivity contribution in [2.24, 2.45) is 0 Å². The van der Waals surface area contributed by atoms with E-state index in [1.54, 1.807) is 7.11 Å². The minimum Gasteiger partial charge on any atom is -0.455 e. The topological polar surface area (TPSA) is 40.0 Å². The first-order valence-electron chi connectivity index (χ1n) is 8.87. The lowest BCUT2D eigenvalue weighted by atomic mass is 9.94. The molecule has 0 heterocycles. The molecule has 4 nitrogen and oxygen atoms in total. The Morgan fingerprint density at radius 1 is 1.00 bits per heavy atom. The van der Waals surface area contributed by atoms with E-state index >= 15 is 0 Å². The van der Waals surface area contributed by atoms with E-state index in [1.807, 2.05) is 0 Å². The third-order valence-electron chi connectivity index (χ3n) is 5.20. The number of hydrogen-bond donors (Lipinski definition) is 1. The van der Waals surface area contributed by atoms with Crippen molar-refractivity contribution >= 4 is 28.6 Å². The standard InChI is InChI=1S/C17H30INO3/c1-21-15-10-6-7-11-16(15)22-17(20)12-19(13-18)14-8-4-2-3-5-9-14/h14-16H,2-13H2,1H3/p+1/t15-,16-/m0/s1. The number of halogens is 1. The summed E-state index contributed by atoms with van der Waals surface area (Å²) in [6.45, 7) is 0.514. The summed E-state index contributed by atoms with van der Waals surface area (Å²) in [5.41, 5.74) is 0. The molecular formula is C17H31INO3+. The van der Waals surface area contributed by atoms with Crippen LogP contribution in [0.3, 0.4) is 0 Å². The first kappa shape index (κ1) is 18.5. The van der Waals surface area contributed by atoms with Gasteiger partial charge in [0, 0.05) is 7.11 Å². The second-order valence-electron chi connectivity index (χ2n) is 6.74. The molecule has 2 aliphatic rings. The predicted octanol–water partition coefficient (Wildman–Crippen LogP) is 2.49. The van der Waals surface area contributed by atoms with E-state index < -0.39 is 0 Å². The van der Waals surface area contributed by atoms with Gasteiger partial charge in [-0.3, -0.25) is 0 Å². The summed E-state index contributed by atoms with van der Waals surface area (Å²) < 4.78 is 12.2. The Morgan fingerprint density at radius 3 is 2.18 bits per heavy atom. The maximum Gasteiger partial charge on any atom is 0.362 e. The molecule has 0 radical (unpaired) electrons. The van der Waals surface area contributed by atoms with E-state index in [0.29, 0.717) is 12.6 Å². The van der Waals surface area contributed by atoms with Gasteiger partial charge in [-0.1, -0.05) is 19.3 Å². The SMILES string of the molecule is CO[C@H]1CCCC[C@@H]1OC(=O)C[NH+](CI)C1CCCCCC1. The molecule has 0 bridgehead atoms. The largest absolute Gasteiger partial charge is 0.455 e. The lowest BCUT2D eigenvalue weighted by Crippen LogP contribution is -3.15. The number of hydrogen-bond acceptors (Lipinski definition) is 3. The number of carbonyl (C=O) groups excluding carboxylic acids is 1. The maximum atomic E-state index is 12.4. The normalized spacial score (nSPS) is 28.8. The van der Waals surface area contributed by atoms with E-state index in [9.17, 15) is 4.79 Å². The van der Waals surface area contributed by atoms with Crippen molar-refractivity contribution in [1.29, 1.82) is 0 Å². The third kappa shape index (κ3) is 5.64. The first-order valence-corrected chi connectivity index (χ1v) is 10.4. The zero-order chi connectivity index (χ0) is 15.8. The molecule has 0 saturated heterocycles. The first-order chi connectivity index (χ1) is 10.7. The van der Waals surface area contributed by atoms with Crippen LogP contribution in [-0.2, 0) is 14.3 Å². The molecule has 2 fully saturated rings. The van der Waals surface area contributed by atoms with Crippen molar-refractivity contribution in [1.82, 2.24) is 0 Å². The lowest BCUT2D eigenvalue weighted by Gasteiger charge is -2.31. The van der Waals surface area contributed by atoms with Gasteiger partial charge in [0.15, 0.2) is 6.54 Å². The molecule has 22 heavy (non-hydrogen) atoms. The second kappa shape index (κ2) is 10.1. The van der Waals surface area contributed by atoms with Crippen molar-refractivity contribution in [3.63, 3.8) is 0 Å². The minimum absolute atomic E-state index is 0.0316. The molecule has 0 spiro atoms. The molecule has 0 aliphatic heterocycles. The fourth-order valence-corrected chi connectivity index (χ4v) is 4.74. The number of ether oxygens (including phenoxy) is 2. The zero-order valence-corrected chi connectivity index (χ0v) is 16.0. The number of rotatable bonds is 6. The summed E-state index contributed by atoms with van der Waals surface area (Å²) >= 11 is 2.41. The molecular weight excluding hydrogens is 393 g/mol. The molecule has 2 saturated carbocycles. The number of alkyl halides is 1. The van der Waals surface area contributed by atoms with Crippen LogP contribution in [0, 0.1) is 0 Å². The summed E-state index contributed by atoms with van der Waals surface area (Å²) in [6, 6.07) is 0.636. The summed E-state index contributed by atoms with van der Waals surface area (Å²) in [5.74, 6) is -0.0372. The molecule has 0 aromatic carbocycles. The molecule has 1 N–H and O–H groups in total. The number of esters is 1. The summed E-state index contributed by atoms with van der Waals surface area (Å²) in [7, 11) is 1.73. The molecule has 0 aromatic heterocycles. The Labute approximate surface area is 148 Å². The lowest BCUT2D eigenvalue weighted by molar-refractivity contribution is -0.903. The Kier molecular flexibility index (Phi) is 8.46. The highest BCUT2D eigenvalue weighted by Gasteiger charge is 2.31.